The van der Waals surface area contributed by atoms with Gasteiger partial charge in [-0.2, -0.15) is 0 Å². The summed E-state index contributed by atoms with van der Waals surface area (Å²) in [5, 5.41) is 3.08. The number of ether oxygens (including phenoxy) is 1. The van der Waals surface area contributed by atoms with Gasteiger partial charge in [-0.25, -0.2) is 8.42 Å². The van der Waals surface area contributed by atoms with Gasteiger partial charge in [0, 0.05) is 13.1 Å². The number of nitrogens with one attached hydrogen (secondary N) is 1. The summed E-state index contributed by atoms with van der Waals surface area (Å²) in [7, 11) is -2.73. The molecule has 0 aliphatic carbocycles. The van der Waals surface area contributed by atoms with Crippen LogP contribution >= 0.6 is 11.6 Å². The highest BCUT2D eigenvalue weighted by Gasteiger charge is 2.33. The number of methoxy groups -OCH3 is 1. The molecule has 0 fully saturated rings. The lowest BCUT2D eigenvalue weighted by atomic mass is 10.1. The fraction of sp³-hybridized carbons (Fsp3) is 0.333. The van der Waals surface area contributed by atoms with Gasteiger partial charge in [-0.3, -0.25) is 13.9 Å². The standard InChI is InChI=1S/C30H36ClN3O5S/c1-21(2)18-32-30(36)23(4)33(19-24-12-10-9-11-22(24)3)29(35)20-34(25-15-16-28(39-5)27(31)17-25)40(37,38)26-13-7-6-8-14-26/h6-17,21,23H,18-20H2,1-5H3,(H,32,36)/t23-/m0/s1. The van der Waals surface area contributed by atoms with Crippen molar-refractivity contribution in [2.24, 2.45) is 5.92 Å². The van der Waals surface area contributed by atoms with Crippen molar-refractivity contribution in [3.63, 3.8) is 0 Å². The van der Waals surface area contributed by atoms with Gasteiger partial charge in [-0.05, 0) is 61.2 Å². The van der Waals surface area contributed by atoms with E-state index in [9.17, 15) is 18.0 Å². The van der Waals surface area contributed by atoms with Crippen LogP contribution in [0.5, 0.6) is 5.75 Å². The smallest absolute Gasteiger partial charge is 0.264 e. The molecule has 0 saturated carbocycles. The van der Waals surface area contributed by atoms with E-state index in [2.05, 4.69) is 5.32 Å². The van der Waals surface area contributed by atoms with E-state index in [0.29, 0.717) is 12.3 Å². The number of carbonyl (C=O) groups is 2. The minimum absolute atomic E-state index is 0.0166. The number of benzene rings is 3. The Labute approximate surface area is 241 Å². The number of aryl methyl sites for hydroxylation is 1. The highest BCUT2D eigenvalue weighted by atomic mass is 35.5. The Balaban J connectivity index is 2.05. The fourth-order valence-electron chi connectivity index (χ4n) is 4.06. The molecule has 2 amide bonds. The summed E-state index contributed by atoms with van der Waals surface area (Å²) in [5.74, 6) is -0.268. The van der Waals surface area contributed by atoms with E-state index in [4.69, 9.17) is 16.3 Å². The zero-order valence-corrected chi connectivity index (χ0v) is 25.0. The van der Waals surface area contributed by atoms with Gasteiger partial charge in [0.25, 0.3) is 10.0 Å². The highest BCUT2D eigenvalue weighted by molar-refractivity contribution is 7.92. The van der Waals surface area contributed by atoms with Gasteiger partial charge in [0.2, 0.25) is 11.8 Å². The number of anilines is 1. The average molecular weight is 586 g/mol. The molecule has 3 aromatic carbocycles. The molecule has 0 aromatic heterocycles. The van der Waals surface area contributed by atoms with Gasteiger partial charge in [0.15, 0.2) is 0 Å². The van der Waals surface area contributed by atoms with Crippen LogP contribution in [0.2, 0.25) is 5.02 Å². The molecule has 0 heterocycles. The van der Waals surface area contributed by atoms with Crippen molar-refractivity contribution in [1.82, 2.24) is 10.2 Å². The van der Waals surface area contributed by atoms with Gasteiger partial charge >= 0.3 is 0 Å². The van der Waals surface area contributed by atoms with Crippen molar-refractivity contribution in [3.8, 4) is 5.75 Å². The number of hydrogen-bond acceptors (Lipinski definition) is 5. The normalized spacial score (nSPS) is 12.1. The SMILES string of the molecule is COc1ccc(N(CC(=O)N(Cc2ccccc2C)[C@@H](C)C(=O)NCC(C)C)S(=O)(=O)c2ccccc2)cc1Cl. The zero-order valence-electron chi connectivity index (χ0n) is 23.4. The number of carbonyl (C=O) groups excluding carboxylic acids is 2. The molecule has 3 aromatic rings. The first-order chi connectivity index (χ1) is 18.9. The van der Waals surface area contributed by atoms with E-state index in [1.807, 2.05) is 45.0 Å². The Morgan fingerprint density at radius 3 is 2.23 bits per heavy atom. The molecule has 1 atom stereocenters. The second-order valence-corrected chi connectivity index (χ2v) is 12.2. The first kappa shape index (κ1) is 31.0. The van der Waals surface area contributed by atoms with Crippen molar-refractivity contribution in [2.45, 2.75) is 45.2 Å². The summed E-state index contributed by atoms with van der Waals surface area (Å²) < 4.78 is 33.9. The van der Waals surface area contributed by atoms with Crippen molar-refractivity contribution in [2.75, 3.05) is 24.5 Å². The fourth-order valence-corrected chi connectivity index (χ4v) is 5.74. The molecule has 214 valence electrons. The van der Waals surface area contributed by atoms with E-state index in [0.717, 1.165) is 15.4 Å². The molecule has 8 nitrogen and oxygen atoms in total. The van der Waals surface area contributed by atoms with Crippen LogP contribution in [-0.2, 0) is 26.2 Å². The maximum absolute atomic E-state index is 14.0. The molecule has 10 heteroatoms. The van der Waals surface area contributed by atoms with Gasteiger partial charge in [-0.15, -0.1) is 0 Å². The molecule has 0 aliphatic heterocycles. The summed E-state index contributed by atoms with van der Waals surface area (Å²) in [6.45, 7) is 7.56. The van der Waals surface area contributed by atoms with Crippen molar-refractivity contribution in [1.29, 1.82) is 0 Å². The number of amides is 2. The number of sulfonamides is 1. The molecule has 0 aliphatic rings. The molecular weight excluding hydrogens is 550 g/mol. The highest BCUT2D eigenvalue weighted by Crippen LogP contribution is 2.32. The predicted molar refractivity (Wildman–Crippen MR) is 158 cm³/mol. The van der Waals surface area contributed by atoms with E-state index >= 15 is 0 Å². The lowest BCUT2D eigenvalue weighted by Crippen LogP contribution is -2.51. The first-order valence-corrected chi connectivity index (χ1v) is 14.8. The Hall–Kier alpha value is -3.56. The maximum atomic E-state index is 14.0. The Kier molecular flexibility index (Phi) is 10.6. The van der Waals surface area contributed by atoms with Crippen LogP contribution in [0.25, 0.3) is 0 Å². The van der Waals surface area contributed by atoms with Crippen LogP contribution in [0.15, 0.2) is 77.7 Å². The molecular formula is C30H36ClN3O5S. The number of nitrogens with zero attached hydrogens (tertiary/aromatic N) is 2. The van der Waals surface area contributed by atoms with Gasteiger partial charge in [-0.1, -0.05) is 67.9 Å². The van der Waals surface area contributed by atoms with E-state index in [1.54, 1.807) is 31.2 Å². The second-order valence-electron chi connectivity index (χ2n) is 9.91. The van der Waals surface area contributed by atoms with Crippen LogP contribution in [0, 0.1) is 12.8 Å². The van der Waals surface area contributed by atoms with Crippen molar-refractivity contribution < 1.29 is 22.7 Å². The summed E-state index contributed by atoms with van der Waals surface area (Å²) in [5.41, 5.74) is 1.99. The third kappa shape index (κ3) is 7.55. The summed E-state index contributed by atoms with van der Waals surface area (Å²) >= 11 is 6.35. The summed E-state index contributed by atoms with van der Waals surface area (Å²) in [6.07, 6.45) is 0. The Morgan fingerprint density at radius 1 is 0.975 bits per heavy atom. The molecule has 0 spiro atoms. The summed E-state index contributed by atoms with van der Waals surface area (Å²) in [6, 6.07) is 19.1. The molecule has 1 N–H and O–H groups in total. The third-order valence-corrected chi connectivity index (χ3v) is 8.57. The van der Waals surface area contributed by atoms with Gasteiger partial charge < -0.3 is 15.0 Å². The van der Waals surface area contributed by atoms with Crippen molar-refractivity contribution in [3.05, 3.63) is 88.9 Å². The van der Waals surface area contributed by atoms with Gasteiger partial charge in [0.05, 0.1) is 22.7 Å². The number of halogens is 1. The van der Waals surface area contributed by atoms with Gasteiger partial charge in [0.1, 0.15) is 18.3 Å². The van der Waals surface area contributed by atoms with Crippen LogP contribution in [0.3, 0.4) is 0 Å². The number of rotatable bonds is 12. The average Bonchev–Trinajstić information content (AvgIpc) is 2.94. The molecule has 0 saturated heterocycles. The quantitative estimate of drug-likeness (QED) is 0.321. The van der Waals surface area contributed by atoms with Crippen LogP contribution < -0.4 is 14.4 Å². The summed E-state index contributed by atoms with van der Waals surface area (Å²) in [4.78, 5) is 28.5. The molecule has 0 radical (unpaired) electrons. The van der Waals surface area contributed by atoms with E-state index < -0.39 is 28.5 Å². The molecule has 3 rings (SSSR count). The van der Waals surface area contributed by atoms with Crippen LogP contribution in [0.4, 0.5) is 5.69 Å². The maximum Gasteiger partial charge on any atom is 0.264 e. The van der Waals surface area contributed by atoms with Crippen LogP contribution in [0.1, 0.15) is 31.9 Å². The number of hydrogen-bond donors (Lipinski definition) is 1. The lowest BCUT2D eigenvalue weighted by Gasteiger charge is -2.32. The largest absolute Gasteiger partial charge is 0.495 e. The third-order valence-electron chi connectivity index (χ3n) is 6.49. The molecule has 0 bridgehead atoms. The van der Waals surface area contributed by atoms with Crippen LogP contribution in [-0.4, -0.2) is 51.4 Å². The molecule has 40 heavy (non-hydrogen) atoms. The van der Waals surface area contributed by atoms with E-state index in [-0.39, 0.29) is 34.0 Å². The lowest BCUT2D eigenvalue weighted by molar-refractivity contribution is -0.139. The second kappa shape index (κ2) is 13.7. The zero-order chi connectivity index (χ0) is 29.4. The molecule has 0 unspecified atom stereocenters. The predicted octanol–water partition coefficient (Wildman–Crippen LogP) is 5.04. The minimum Gasteiger partial charge on any atom is -0.495 e. The Morgan fingerprint density at radius 2 is 1.62 bits per heavy atom. The van der Waals surface area contributed by atoms with E-state index in [1.165, 1.54) is 36.3 Å². The van der Waals surface area contributed by atoms with Crippen molar-refractivity contribution >= 4 is 39.1 Å². The topological polar surface area (TPSA) is 96.0 Å². The monoisotopic (exact) mass is 585 g/mol. The first-order valence-electron chi connectivity index (χ1n) is 13.0. The minimum atomic E-state index is -4.18. The Bertz CT molecular complexity index is 1430.